The molecular weight excluding hydrogens is 412 g/mol. The molecule has 0 amide bonds. The van der Waals surface area contributed by atoms with E-state index in [1.54, 1.807) is 0 Å². The Morgan fingerprint density at radius 3 is 1.79 bits per heavy atom. The zero-order chi connectivity index (χ0) is 23.2. The smallest absolute Gasteiger partial charge is 0.117 e. The summed E-state index contributed by atoms with van der Waals surface area (Å²) in [5.74, 6) is -1.08. The van der Waals surface area contributed by atoms with Crippen LogP contribution < -0.4 is 5.11 Å². The minimum Gasteiger partial charge on any atom is -0.550 e. The van der Waals surface area contributed by atoms with Crippen molar-refractivity contribution in [2.45, 2.75) is 36.8 Å². The number of aliphatic hydroxyl groups excluding tert-OH is 1. The molecular formula is C28H29N2O3-. The number of aliphatic carboxylic acids is 1. The van der Waals surface area contributed by atoms with E-state index in [1.165, 1.54) is 0 Å². The second-order valence-electron chi connectivity index (χ2n) is 8.60. The summed E-state index contributed by atoms with van der Waals surface area (Å²) in [4.78, 5) is 18.4. The molecule has 4 rings (SSSR count). The van der Waals surface area contributed by atoms with Crippen LogP contribution in [0.5, 0.6) is 0 Å². The quantitative estimate of drug-likeness (QED) is 0.490. The fourth-order valence-corrected chi connectivity index (χ4v) is 4.99. The molecule has 0 radical (unpaired) electrons. The van der Waals surface area contributed by atoms with Crippen molar-refractivity contribution in [2.75, 3.05) is 13.2 Å². The van der Waals surface area contributed by atoms with Gasteiger partial charge in [0.05, 0.1) is 11.9 Å². The summed E-state index contributed by atoms with van der Waals surface area (Å²) in [6.45, 7) is 0.586. The highest BCUT2D eigenvalue weighted by Crippen LogP contribution is 2.45. The topological polar surface area (TPSA) is 76.0 Å². The first-order chi connectivity index (χ1) is 16.1. The molecule has 5 heteroatoms. The van der Waals surface area contributed by atoms with Crippen molar-refractivity contribution >= 4 is 12.3 Å². The van der Waals surface area contributed by atoms with Gasteiger partial charge in [-0.2, -0.15) is 0 Å². The molecule has 3 aromatic rings. The molecule has 1 atom stereocenters. The number of carbonyl (C=O) groups is 1. The van der Waals surface area contributed by atoms with Gasteiger partial charge >= 0.3 is 0 Å². The van der Waals surface area contributed by atoms with Crippen molar-refractivity contribution in [3.8, 4) is 0 Å². The van der Waals surface area contributed by atoms with Gasteiger partial charge in [0.15, 0.2) is 0 Å². The van der Waals surface area contributed by atoms with Gasteiger partial charge in [-0.05, 0) is 42.4 Å². The maximum Gasteiger partial charge on any atom is 0.117 e. The van der Waals surface area contributed by atoms with Crippen molar-refractivity contribution in [1.82, 2.24) is 4.90 Å². The van der Waals surface area contributed by atoms with Crippen LogP contribution in [0.15, 0.2) is 96.0 Å². The summed E-state index contributed by atoms with van der Waals surface area (Å²) in [6, 6.07) is 31.0. The Morgan fingerprint density at radius 2 is 1.36 bits per heavy atom. The maximum absolute atomic E-state index is 11.3. The van der Waals surface area contributed by atoms with Crippen LogP contribution in [0, 0.1) is 0 Å². The van der Waals surface area contributed by atoms with E-state index in [2.05, 4.69) is 41.3 Å². The fourth-order valence-electron chi connectivity index (χ4n) is 4.99. The Balaban J connectivity index is 1.87. The Labute approximate surface area is 195 Å². The molecule has 0 bridgehead atoms. The minimum absolute atomic E-state index is 0.0454. The van der Waals surface area contributed by atoms with Crippen LogP contribution >= 0.6 is 0 Å². The summed E-state index contributed by atoms with van der Waals surface area (Å²) in [7, 11) is 0. The number of carbonyl (C=O) groups excluding carboxylic acids is 1. The predicted octanol–water partition coefficient (Wildman–Crippen LogP) is 3.36. The Kier molecular flexibility index (Phi) is 6.90. The van der Waals surface area contributed by atoms with Crippen molar-refractivity contribution in [3.05, 3.63) is 108 Å². The molecule has 0 aromatic heterocycles. The van der Waals surface area contributed by atoms with Crippen LogP contribution in [-0.4, -0.2) is 41.0 Å². The number of aliphatic hydroxyl groups is 1. The molecule has 0 saturated carbocycles. The summed E-state index contributed by atoms with van der Waals surface area (Å²) in [5, 5.41) is 20.8. The van der Waals surface area contributed by atoms with E-state index >= 15 is 0 Å². The molecule has 170 valence electrons. The zero-order valence-corrected chi connectivity index (χ0v) is 18.6. The van der Waals surface area contributed by atoms with Gasteiger partial charge < -0.3 is 19.9 Å². The van der Waals surface area contributed by atoms with Gasteiger partial charge in [-0.1, -0.05) is 91.0 Å². The first-order valence-electron chi connectivity index (χ1n) is 11.4. The lowest BCUT2D eigenvalue weighted by atomic mass is 9.75. The number of nitrogens with zero attached hydrogens (tertiary/aromatic N) is 2. The minimum atomic E-state index is -1.08. The number of carboxylic acids is 1. The lowest BCUT2D eigenvalue weighted by molar-refractivity contribution is -0.306. The summed E-state index contributed by atoms with van der Waals surface area (Å²) in [5.41, 5.74) is 2.08. The van der Waals surface area contributed by atoms with Gasteiger partial charge in [-0.25, -0.2) is 0 Å². The van der Waals surface area contributed by atoms with Crippen molar-refractivity contribution < 1.29 is 15.0 Å². The maximum atomic E-state index is 11.3. The molecule has 0 spiro atoms. The Morgan fingerprint density at radius 1 is 0.879 bits per heavy atom. The van der Waals surface area contributed by atoms with E-state index in [9.17, 15) is 15.0 Å². The number of rotatable bonds is 10. The average molecular weight is 442 g/mol. The number of benzene rings is 3. The summed E-state index contributed by atoms with van der Waals surface area (Å²) < 4.78 is 0. The second-order valence-corrected chi connectivity index (χ2v) is 8.60. The van der Waals surface area contributed by atoms with E-state index in [-0.39, 0.29) is 13.0 Å². The highest BCUT2D eigenvalue weighted by atomic mass is 16.4. The zero-order valence-electron chi connectivity index (χ0n) is 18.6. The number of aliphatic imine (C=N–C) groups is 1. The molecule has 3 aromatic carbocycles. The molecule has 1 N–H and O–H groups in total. The number of hydrogen-bond donors (Lipinski definition) is 1. The third-order valence-electron chi connectivity index (χ3n) is 6.54. The SMILES string of the molecule is O=C([O-])CCC1(CCCO)CN(C(c2ccccc2)(c2ccccc2)c2ccccc2)C=N1. The molecule has 0 aliphatic carbocycles. The molecule has 1 unspecified atom stereocenters. The van der Waals surface area contributed by atoms with Crippen LogP contribution in [0.2, 0.25) is 0 Å². The summed E-state index contributed by atoms with van der Waals surface area (Å²) in [6.07, 6.45) is 3.35. The van der Waals surface area contributed by atoms with E-state index in [4.69, 9.17) is 4.99 Å². The lowest BCUT2D eigenvalue weighted by Crippen LogP contribution is -2.49. The Hall–Kier alpha value is -3.44. The van der Waals surface area contributed by atoms with Crippen molar-refractivity contribution in [3.63, 3.8) is 0 Å². The summed E-state index contributed by atoms with van der Waals surface area (Å²) >= 11 is 0. The largest absolute Gasteiger partial charge is 0.550 e. The standard InChI is InChI=1S/C28H30N2O3/c31-20-10-18-27(19-17-26(32)33)21-30(22-29-27)28(23-11-4-1-5-12-23,24-13-6-2-7-14-24)25-15-8-3-9-16-25/h1-9,11-16,22,31H,10,17-21H2,(H,32,33)/p-1. The van der Waals surface area contributed by atoms with Gasteiger partial charge in [-0.15, -0.1) is 0 Å². The molecule has 5 nitrogen and oxygen atoms in total. The first kappa shape index (κ1) is 22.7. The normalized spacial score (nSPS) is 17.9. The van der Waals surface area contributed by atoms with Gasteiger partial charge in [0.2, 0.25) is 0 Å². The first-order valence-corrected chi connectivity index (χ1v) is 11.4. The van der Waals surface area contributed by atoms with Crippen molar-refractivity contribution in [2.24, 2.45) is 4.99 Å². The second kappa shape index (κ2) is 10.0. The molecule has 1 aliphatic rings. The number of carboxylic acid groups (broad SMARTS) is 1. The Bertz CT molecular complexity index is 973. The molecule has 0 saturated heterocycles. The van der Waals surface area contributed by atoms with Crippen LogP contribution in [0.1, 0.15) is 42.4 Å². The fraction of sp³-hybridized carbons (Fsp3) is 0.286. The highest BCUT2D eigenvalue weighted by molar-refractivity contribution is 5.68. The highest BCUT2D eigenvalue weighted by Gasteiger charge is 2.47. The van der Waals surface area contributed by atoms with Gasteiger partial charge in [-0.3, -0.25) is 4.99 Å². The van der Waals surface area contributed by atoms with Crippen LogP contribution in [-0.2, 0) is 10.3 Å². The third kappa shape index (κ3) is 4.55. The molecule has 33 heavy (non-hydrogen) atoms. The monoisotopic (exact) mass is 441 g/mol. The molecule has 1 aliphatic heterocycles. The van der Waals surface area contributed by atoms with Gasteiger partial charge in [0, 0.05) is 19.1 Å². The van der Waals surface area contributed by atoms with Gasteiger partial charge in [0.25, 0.3) is 0 Å². The molecule has 0 fully saturated rings. The average Bonchev–Trinajstić information content (AvgIpc) is 3.29. The van der Waals surface area contributed by atoms with Crippen LogP contribution in [0.25, 0.3) is 0 Å². The van der Waals surface area contributed by atoms with Crippen LogP contribution in [0.3, 0.4) is 0 Å². The van der Waals surface area contributed by atoms with E-state index < -0.39 is 17.0 Å². The van der Waals surface area contributed by atoms with Crippen LogP contribution in [0.4, 0.5) is 0 Å². The van der Waals surface area contributed by atoms with Gasteiger partial charge in [0.1, 0.15) is 5.54 Å². The predicted molar refractivity (Wildman–Crippen MR) is 128 cm³/mol. The van der Waals surface area contributed by atoms with Crippen molar-refractivity contribution in [1.29, 1.82) is 0 Å². The third-order valence-corrected chi connectivity index (χ3v) is 6.54. The van der Waals surface area contributed by atoms with E-state index in [0.717, 1.165) is 16.7 Å². The van der Waals surface area contributed by atoms with E-state index in [1.807, 2.05) is 60.9 Å². The lowest BCUT2D eigenvalue weighted by Gasteiger charge is -2.44. The molecule has 1 heterocycles. The van der Waals surface area contributed by atoms with E-state index in [0.29, 0.717) is 25.8 Å². The number of hydrogen-bond acceptors (Lipinski definition) is 5.